The number of hydrogen-bond donors (Lipinski definition) is 8. The van der Waals surface area contributed by atoms with E-state index in [1.165, 1.54) is 6.08 Å². The van der Waals surface area contributed by atoms with Gasteiger partial charge in [-0.05, 0) is 51.5 Å². The topological polar surface area (TPSA) is 188 Å². The summed E-state index contributed by atoms with van der Waals surface area (Å²) in [5.41, 5.74) is 0.622. The molecule has 1 aliphatic heterocycles. The average Bonchev–Trinajstić information content (AvgIpc) is 2.90. The van der Waals surface area contributed by atoms with E-state index in [9.17, 15) is 45.6 Å². The minimum Gasteiger partial charge on any atom is -0.459 e. The minimum atomic E-state index is -1.25. The van der Waals surface area contributed by atoms with Crippen molar-refractivity contribution < 1.29 is 50.4 Å². The van der Waals surface area contributed by atoms with Gasteiger partial charge in [-0.3, -0.25) is 4.79 Å². The number of aliphatic hydroxyl groups excluding tert-OH is 8. The van der Waals surface area contributed by atoms with Crippen molar-refractivity contribution in [2.24, 2.45) is 5.92 Å². The molecule has 1 rings (SSSR count). The quantitative estimate of drug-likeness (QED) is 0.220. The van der Waals surface area contributed by atoms with Crippen LogP contribution >= 0.6 is 0 Å². The number of carbonyl (C=O) groups is 1. The van der Waals surface area contributed by atoms with Crippen LogP contribution in [-0.2, 0) is 9.53 Å². The maximum absolute atomic E-state index is 12.9. The van der Waals surface area contributed by atoms with Crippen LogP contribution in [0.25, 0.3) is 0 Å². The maximum atomic E-state index is 12.9. The molecule has 8 N–H and O–H groups in total. The first-order valence-electron chi connectivity index (χ1n) is 15.3. The first-order valence-corrected chi connectivity index (χ1v) is 15.3. The van der Waals surface area contributed by atoms with Crippen LogP contribution in [-0.4, -0.2) is 102 Å². The Labute approximate surface area is 256 Å². The Morgan fingerprint density at radius 1 is 0.698 bits per heavy atom. The molecular formula is C33H54O10. The average molecular weight is 611 g/mol. The van der Waals surface area contributed by atoms with Crippen LogP contribution < -0.4 is 0 Å². The molecule has 43 heavy (non-hydrogen) atoms. The number of hydrogen-bond acceptors (Lipinski definition) is 10. The number of allylic oxidation sites excluding steroid dienone is 8. The Morgan fingerprint density at radius 3 is 1.70 bits per heavy atom. The monoisotopic (exact) mass is 610 g/mol. The molecule has 0 saturated carbocycles. The molecular weight excluding hydrogens is 556 g/mol. The van der Waals surface area contributed by atoms with E-state index in [0.717, 1.165) is 6.42 Å². The van der Waals surface area contributed by atoms with Crippen molar-refractivity contribution in [3.63, 3.8) is 0 Å². The minimum absolute atomic E-state index is 0.00262. The molecule has 0 fully saturated rings. The molecule has 0 saturated heterocycles. The zero-order valence-electron chi connectivity index (χ0n) is 25.7. The SMILES string of the molecule is CCCC[C@@H]1C(=O)O[C@@H](C)[C@H](O)/C=C/C=C/C=C/C=C/C=C(\C)[C@@H](O)C[C@@H](O)C[C@H](O)C[C@H](O)C[C@H](O)C[C@H](O)C[C@H]1O. The predicted octanol–water partition coefficient (Wildman–Crippen LogP) is 2.14. The molecule has 0 spiro atoms. The van der Waals surface area contributed by atoms with Crippen LogP contribution in [0, 0.1) is 5.92 Å². The van der Waals surface area contributed by atoms with Crippen LogP contribution in [0.5, 0.6) is 0 Å². The molecule has 1 heterocycles. The molecule has 246 valence electrons. The summed E-state index contributed by atoms with van der Waals surface area (Å²) in [6, 6.07) is 0. The van der Waals surface area contributed by atoms with Gasteiger partial charge in [-0.1, -0.05) is 74.4 Å². The molecule has 0 aromatic carbocycles. The molecule has 0 unspecified atom stereocenters. The Morgan fingerprint density at radius 2 is 1.16 bits per heavy atom. The van der Waals surface area contributed by atoms with Crippen molar-refractivity contribution in [3.8, 4) is 0 Å². The summed E-state index contributed by atoms with van der Waals surface area (Å²) in [4.78, 5) is 12.9. The van der Waals surface area contributed by atoms with Crippen molar-refractivity contribution >= 4 is 5.97 Å². The van der Waals surface area contributed by atoms with Gasteiger partial charge in [-0.2, -0.15) is 0 Å². The van der Waals surface area contributed by atoms with Crippen molar-refractivity contribution in [3.05, 3.63) is 60.3 Å². The lowest BCUT2D eigenvalue weighted by molar-refractivity contribution is -0.162. The van der Waals surface area contributed by atoms with E-state index < -0.39 is 66.8 Å². The van der Waals surface area contributed by atoms with Crippen molar-refractivity contribution in [2.75, 3.05) is 0 Å². The van der Waals surface area contributed by atoms with Gasteiger partial charge in [0.25, 0.3) is 0 Å². The smallest absolute Gasteiger partial charge is 0.311 e. The molecule has 0 amide bonds. The third-order valence-corrected chi connectivity index (χ3v) is 7.46. The summed E-state index contributed by atoms with van der Waals surface area (Å²) in [6.45, 7) is 5.21. The second-order valence-corrected chi connectivity index (χ2v) is 11.6. The number of esters is 1. The standard InChI is InChI=1S/C33H54O10/c1-4-5-14-29-32(41)21-28(38)19-26(36)17-24(34)16-25(35)18-27(37)20-31(40)22(2)13-11-9-7-6-8-10-12-15-30(39)23(3)43-33(29)42/h6-13,15,23-32,34-41H,4-5,14,16-21H2,1-3H3/b7-6+,10-8+,11-9+,15-12+,22-13+/t23-,24-,25+,26-,27-,28-,29-,30+,31-,32+/m0/s1. The number of ether oxygens (including phenoxy) is 1. The molecule has 1 aliphatic rings. The van der Waals surface area contributed by atoms with Gasteiger partial charge < -0.3 is 45.6 Å². The van der Waals surface area contributed by atoms with E-state index in [4.69, 9.17) is 4.74 Å². The maximum Gasteiger partial charge on any atom is 0.311 e. The molecule has 0 radical (unpaired) electrons. The zero-order valence-corrected chi connectivity index (χ0v) is 25.7. The second kappa shape index (κ2) is 21.5. The Bertz CT molecular complexity index is 927. The van der Waals surface area contributed by atoms with E-state index in [0.29, 0.717) is 18.4 Å². The first-order chi connectivity index (χ1) is 20.3. The number of unbranched alkanes of at least 4 members (excludes halogenated alkanes) is 1. The fourth-order valence-corrected chi connectivity index (χ4v) is 4.83. The number of cyclic esters (lactones) is 1. The Kier molecular flexibility index (Phi) is 19.5. The van der Waals surface area contributed by atoms with Gasteiger partial charge in [-0.15, -0.1) is 0 Å². The van der Waals surface area contributed by atoms with Crippen LogP contribution in [0.4, 0.5) is 0 Å². The van der Waals surface area contributed by atoms with Gasteiger partial charge in [-0.25, -0.2) is 0 Å². The van der Waals surface area contributed by atoms with Crippen molar-refractivity contribution in [1.29, 1.82) is 0 Å². The lowest BCUT2D eigenvalue weighted by atomic mass is 9.90. The Hall–Kier alpha value is -2.15. The van der Waals surface area contributed by atoms with Gasteiger partial charge in [0.1, 0.15) is 12.2 Å². The van der Waals surface area contributed by atoms with E-state index in [2.05, 4.69) is 0 Å². The third-order valence-electron chi connectivity index (χ3n) is 7.46. The van der Waals surface area contributed by atoms with Crippen LogP contribution in [0.2, 0.25) is 0 Å². The molecule has 0 aromatic heterocycles. The molecule has 10 heteroatoms. The largest absolute Gasteiger partial charge is 0.459 e. The summed E-state index contributed by atoms with van der Waals surface area (Å²) < 4.78 is 5.45. The highest BCUT2D eigenvalue weighted by Crippen LogP contribution is 2.23. The van der Waals surface area contributed by atoms with E-state index in [1.807, 2.05) is 6.92 Å². The van der Waals surface area contributed by atoms with Gasteiger partial charge in [0, 0.05) is 12.8 Å². The van der Waals surface area contributed by atoms with E-state index in [1.54, 1.807) is 62.5 Å². The van der Waals surface area contributed by atoms with Gasteiger partial charge in [0.15, 0.2) is 0 Å². The highest BCUT2D eigenvalue weighted by Gasteiger charge is 2.32. The van der Waals surface area contributed by atoms with Crippen LogP contribution in [0.3, 0.4) is 0 Å². The van der Waals surface area contributed by atoms with Crippen LogP contribution in [0.1, 0.15) is 78.6 Å². The molecule has 10 atom stereocenters. The van der Waals surface area contributed by atoms with E-state index in [-0.39, 0.29) is 38.5 Å². The van der Waals surface area contributed by atoms with Gasteiger partial charge in [0.2, 0.25) is 0 Å². The number of rotatable bonds is 3. The summed E-state index contributed by atoms with van der Waals surface area (Å²) in [5.74, 6) is -1.62. The highest BCUT2D eigenvalue weighted by atomic mass is 16.6. The molecule has 0 aromatic rings. The summed E-state index contributed by atoms with van der Waals surface area (Å²) in [6.07, 6.45) is 6.60. The van der Waals surface area contributed by atoms with Gasteiger partial charge >= 0.3 is 5.97 Å². The molecule has 0 aliphatic carbocycles. The number of carbonyl (C=O) groups excluding carboxylic acids is 1. The van der Waals surface area contributed by atoms with Crippen molar-refractivity contribution in [2.45, 2.75) is 133 Å². The number of aliphatic hydroxyl groups is 8. The third kappa shape index (κ3) is 17.1. The lowest BCUT2D eigenvalue weighted by Gasteiger charge is -2.27. The fraction of sp³-hybridized carbons (Fsp3) is 0.667. The molecule has 10 nitrogen and oxygen atoms in total. The highest BCUT2D eigenvalue weighted by molar-refractivity contribution is 5.73. The summed E-state index contributed by atoms with van der Waals surface area (Å²) >= 11 is 0. The predicted molar refractivity (Wildman–Crippen MR) is 165 cm³/mol. The second-order valence-electron chi connectivity index (χ2n) is 11.6. The zero-order chi connectivity index (χ0) is 32.4. The fourth-order valence-electron chi connectivity index (χ4n) is 4.83. The molecule has 0 bridgehead atoms. The Balaban J connectivity index is 3.06. The first kappa shape index (κ1) is 38.9. The summed E-state index contributed by atoms with van der Waals surface area (Å²) in [5, 5.41) is 83.5. The van der Waals surface area contributed by atoms with Crippen molar-refractivity contribution in [1.82, 2.24) is 0 Å². The van der Waals surface area contributed by atoms with E-state index >= 15 is 0 Å². The van der Waals surface area contributed by atoms with Gasteiger partial charge in [0.05, 0.1) is 48.6 Å². The lowest BCUT2D eigenvalue weighted by Crippen LogP contribution is -2.37. The van der Waals surface area contributed by atoms with Crippen LogP contribution in [0.15, 0.2) is 60.3 Å². The normalized spacial score (nSPS) is 39.7. The summed E-state index contributed by atoms with van der Waals surface area (Å²) in [7, 11) is 0.